The molecule has 0 saturated heterocycles. The van der Waals surface area contributed by atoms with E-state index < -0.39 is 15.9 Å². The maximum atomic E-state index is 11.7. The van der Waals surface area contributed by atoms with Gasteiger partial charge in [0.1, 0.15) is 4.21 Å². The predicted molar refractivity (Wildman–Crippen MR) is 78.4 cm³/mol. The van der Waals surface area contributed by atoms with E-state index >= 15 is 0 Å². The van der Waals surface area contributed by atoms with Crippen LogP contribution in [0.15, 0.2) is 16.3 Å². The van der Waals surface area contributed by atoms with Crippen LogP contribution in [0.25, 0.3) is 0 Å². The van der Waals surface area contributed by atoms with Crippen LogP contribution in [0.5, 0.6) is 0 Å². The van der Waals surface area contributed by atoms with Gasteiger partial charge in [-0.05, 0) is 25.1 Å². The molecule has 1 heterocycles. The zero-order valence-corrected chi connectivity index (χ0v) is 13.1. The van der Waals surface area contributed by atoms with Crippen molar-refractivity contribution in [2.75, 3.05) is 19.6 Å². The van der Waals surface area contributed by atoms with Crippen molar-refractivity contribution >= 4 is 51.3 Å². The van der Waals surface area contributed by atoms with E-state index in [0.29, 0.717) is 23.8 Å². The van der Waals surface area contributed by atoms with Crippen molar-refractivity contribution in [1.29, 1.82) is 0 Å². The third-order valence-electron chi connectivity index (χ3n) is 1.94. The van der Waals surface area contributed by atoms with E-state index in [0.717, 1.165) is 11.3 Å². The van der Waals surface area contributed by atoms with Crippen molar-refractivity contribution in [3.05, 3.63) is 16.5 Å². The Morgan fingerprint density at radius 2 is 2.11 bits per heavy atom. The van der Waals surface area contributed by atoms with Crippen molar-refractivity contribution in [3.63, 3.8) is 0 Å². The van der Waals surface area contributed by atoms with Gasteiger partial charge >= 0.3 is 0 Å². The summed E-state index contributed by atoms with van der Waals surface area (Å²) in [6.07, 6.45) is 0.652. The molecular weight excluding hydrogens is 333 g/mol. The fraction of sp³-hybridized carbons (Fsp3) is 0.444. The molecule has 4 N–H and O–H groups in total. The van der Waals surface area contributed by atoms with Gasteiger partial charge in [0.05, 0.1) is 10.9 Å². The van der Waals surface area contributed by atoms with E-state index in [1.807, 2.05) is 0 Å². The summed E-state index contributed by atoms with van der Waals surface area (Å²) < 4.78 is 26.1. The number of sulfonamides is 1. The Kier molecular flexibility index (Phi) is 8.55. The highest BCUT2D eigenvalue weighted by Crippen LogP contribution is 2.25. The highest BCUT2D eigenvalue weighted by atomic mass is 35.5. The molecule has 0 saturated carbocycles. The van der Waals surface area contributed by atoms with Crippen LogP contribution in [-0.2, 0) is 14.8 Å². The van der Waals surface area contributed by atoms with Gasteiger partial charge in [-0.25, -0.2) is 13.1 Å². The molecule has 110 valence electrons. The molecule has 0 unspecified atom stereocenters. The van der Waals surface area contributed by atoms with Crippen molar-refractivity contribution < 1.29 is 13.2 Å². The number of carbonyl (C=O) groups is 1. The number of nitrogens with two attached hydrogens (primary N) is 1. The standard InChI is InChI=1S/C9H14ClN3O3S2.ClH/c10-7-2-3-9(17-7)18(15,16)13-6-8(14)12-5-1-4-11;/h2-3,13H,1,4-6,11H2,(H,12,14);1H. The van der Waals surface area contributed by atoms with Crippen molar-refractivity contribution in [3.8, 4) is 0 Å². The number of hydrogen-bond acceptors (Lipinski definition) is 5. The smallest absolute Gasteiger partial charge is 0.250 e. The molecule has 0 aliphatic rings. The molecule has 0 aliphatic heterocycles. The van der Waals surface area contributed by atoms with Crippen LogP contribution < -0.4 is 15.8 Å². The Morgan fingerprint density at radius 1 is 1.42 bits per heavy atom. The van der Waals surface area contributed by atoms with Crippen LogP contribution in [0.4, 0.5) is 0 Å². The fourth-order valence-corrected chi connectivity index (χ4v) is 3.58. The average Bonchev–Trinajstić information content (AvgIpc) is 2.75. The van der Waals surface area contributed by atoms with Crippen molar-refractivity contribution in [1.82, 2.24) is 10.0 Å². The molecule has 0 fully saturated rings. The van der Waals surface area contributed by atoms with Gasteiger partial charge in [0, 0.05) is 6.54 Å². The lowest BCUT2D eigenvalue weighted by molar-refractivity contribution is -0.119. The van der Waals surface area contributed by atoms with Crippen LogP contribution in [0.2, 0.25) is 4.34 Å². The number of nitrogens with one attached hydrogen (secondary N) is 2. The number of hydrogen-bond donors (Lipinski definition) is 3. The number of thiophene rings is 1. The van der Waals surface area contributed by atoms with Gasteiger partial charge in [-0.3, -0.25) is 4.79 Å². The van der Waals surface area contributed by atoms with Gasteiger partial charge in [-0.15, -0.1) is 23.7 Å². The Hall–Kier alpha value is -0.380. The minimum Gasteiger partial charge on any atom is -0.355 e. The van der Waals surface area contributed by atoms with Gasteiger partial charge in [0.15, 0.2) is 0 Å². The predicted octanol–water partition coefficient (Wildman–Crippen LogP) is 0.567. The first kappa shape index (κ1) is 18.6. The topological polar surface area (TPSA) is 101 Å². The molecule has 10 heteroatoms. The van der Waals surface area contributed by atoms with Crippen LogP contribution in [0, 0.1) is 0 Å². The lowest BCUT2D eigenvalue weighted by Gasteiger charge is -2.05. The summed E-state index contributed by atoms with van der Waals surface area (Å²) in [4.78, 5) is 11.3. The maximum absolute atomic E-state index is 11.7. The van der Waals surface area contributed by atoms with E-state index in [9.17, 15) is 13.2 Å². The molecule has 1 rings (SSSR count). The van der Waals surface area contributed by atoms with E-state index in [2.05, 4.69) is 10.0 Å². The average molecular weight is 348 g/mol. The first-order valence-electron chi connectivity index (χ1n) is 5.17. The minimum absolute atomic E-state index is 0. The second kappa shape index (κ2) is 8.72. The molecule has 19 heavy (non-hydrogen) atoms. The quantitative estimate of drug-likeness (QED) is 0.627. The van der Waals surface area contributed by atoms with Crippen LogP contribution in [0.1, 0.15) is 6.42 Å². The third-order valence-corrected chi connectivity index (χ3v) is 5.06. The van der Waals surface area contributed by atoms with Crippen LogP contribution in [0.3, 0.4) is 0 Å². The molecule has 0 aromatic carbocycles. The third kappa shape index (κ3) is 6.55. The number of rotatable bonds is 7. The normalized spacial score (nSPS) is 10.8. The van der Waals surface area contributed by atoms with Gasteiger partial charge in [-0.2, -0.15) is 0 Å². The second-order valence-electron chi connectivity index (χ2n) is 3.38. The van der Waals surface area contributed by atoms with Crippen LogP contribution in [-0.4, -0.2) is 34.0 Å². The molecule has 1 aromatic rings. The van der Waals surface area contributed by atoms with Crippen molar-refractivity contribution in [2.45, 2.75) is 10.6 Å². The molecule has 1 amide bonds. The summed E-state index contributed by atoms with van der Waals surface area (Å²) in [7, 11) is -3.67. The van der Waals surface area contributed by atoms with E-state index in [4.69, 9.17) is 17.3 Å². The second-order valence-corrected chi connectivity index (χ2v) is 7.08. The summed E-state index contributed by atoms with van der Waals surface area (Å²) in [6.45, 7) is 0.601. The van der Waals surface area contributed by atoms with Gasteiger partial charge in [0.25, 0.3) is 10.0 Å². The number of halogens is 2. The zero-order valence-electron chi connectivity index (χ0n) is 9.89. The Bertz CT molecular complexity index is 505. The van der Waals surface area contributed by atoms with Crippen LogP contribution >= 0.6 is 35.3 Å². The first-order chi connectivity index (χ1) is 8.45. The number of amides is 1. The highest BCUT2D eigenvalue weighted by molar-refractivity contribution is 7.91. The largest absolute Gasteiger partial charge is 0.355 e. The molecule has 6 nitrogen and oxygen atoms in total. The molecule has 0 radical (unpaired) electrons. The lowest BCUT2D eigenvalue weighted by Crippen LogP contribution is -2.37. The monoisotopic (exact) mass is 347 g/mol. The Balaban J connectivity index is 0.00000324. The van der Waals surface area contributed by atoms with E-state index in [1.165, 1.54) is 12.1 Å². The maximum Gasteiger partial charge on any atom is 0.250 e. The van der Waals surface area contributed by atoms with E-state index in [1.54, 1.807) is 0 Å². The van der Waals surface area contributed by atoms with Gasteiger partial charge in [0.2, 0.25) is 5.91 Å². The summed E-state index contributed by atoms with van der Waals surface area (Å²) in [5.74, 6) is -0.394. The summed E-state index contributed by atoms with van der Waals surface area (Å²) >= 11 is 6.58. The molecular formula is C9H15Cl2N3O3S2. The first-order valence-corrected chi connectivity index (χ1v) is 7.85. The molecule has 0 atom stereocenters. The summed E-state index contributed by atoms with van der Waals surface area (Å²) in [5, 5.41) is 2.54. The summed E-state index contributed by atoms with van der Waals surface area (Å²) in [6, 6.07) is 2.88. The zero-order chi connectivity index (χ0) is 13.6. The van der Waals surface area contributed by atoms with Gasteiger partial charge in [-0.1, -0.05) is 11.6 Å². The minimum atomic E-state index is -3.67. The van der Waals surface area contributed by atoms with Crippen molar-refractivity contribution in [2.24, 2.45) is 5.73 Å². The summed E-state index contributed by atoms with van der Waals surface area (Å²) in [5.41, 5.74) is 5.26. The van der Waals surface area contributed by atoms with E-state index in [-0.39, 0.29) is 23.2 Å². The molecule has 0 aliphatic carbocycles. The molecule has 0 bridgehead atoms. The number of carbonyl (C=O) groups excluding carboxylic acids is 1. The SMILES string of the molecule is Cl.NCCCNC(=O)CNS(=O)(=O)c1ccc(Cl)s1. The highest BCUT2D eigenvalue weighted by Gasteiger charge is 2.17. The fourth-order valence-electron chi connectivity index (χ4n) is 1.07. The Morgan fingerprint density at radius 3 is 2.63 bits per heavy atom. The van der Waals surface area contributed by atoms with Gasteiger partial charge < -0.3 is 11.1 Å². The molecule has 1 aromatic heterocycles. The Labute approximate surface area is 127 Å². The molecule has 0 spiro atoms. The lowest BCUT2D eigenvalue weighted by atomic mass is 10.4.